The number of unbranched alkanes of at least 4 members (excludes halogenated alkanes) is 1. The van der Waals surface area contributed by atoms with E-state index < -0.39 is 0 Å². The van der Waals surface area contributed by atoms with E-state index in [1.165, 1.54) is 38.6 Å². The van der Waals surface area contributed by atoms with Crippen LogP contribution in [0.25, 0.3) is 0 Å². The van der Waals surface area contributed by atoms with E-state index in [2.05, 4.69) is 38.2 Å². The van der Waals surface area contributed by atoms with Crippen LogP contribution in [0.4, 0.5) is 0 Å². The van der Waals surface area contributed by atoms with E-state index in [1.54, 1.807) is 0 Å². The van der Waals surface area contributed by atoms with Crippen molar-refractivity contribution in [3.63, 3.8) is 0 Å². The summed E-state index contributed by atoms with van der Waals surface area (Å²) in [5, 5.41) is 3.68. The van der Waals surface area contributed by atoms with Gasteiger partial charge in [-0.1, -0.05) is 19.8 Å². The molecule has 0 aliphatic heterocycles. The Morgan fingerprint density at radius 1 is 1.33 bits per heavy atom. The monoisotopic (exact) mass is 212 g/mol. The van der Waals surface area contributed by atoms with Crippen molar-refractivity contribution < 1.29 is 0 Å². The molecule has 15 heavy (non-hydrogen) atoms. The van der Waals surface area contributed by atoms with Gasteiger partial charge in [0.1, 0.15) is 0 Å². The molecule has 0 heterocycles. The summed E-state index contributed by atoms with van der Waals surface area (Å²) in [5.74, 6) is 0.964. The summed E-state index contributed by atoms with van der Waals surface area (Å²) in [5.41, 5.74) is 0. The number of nitrogens with zero attached hydrogens (tertiary/aromatic N) is 1. The van der Waals surface area contributed by atoms with Gasteiger partial charge in [-0.05, 0) is 46.2 Å². The van der Waals surface area contributed by atoms with Gasteiger partial charge in [0.25, 0.3) is 0 Å². The highest BCUT2D eigenvalue weighted by Crippen LogP contribution is 2.34. The van der Waals surface area contributed by atoms with Gasteiger partial charge < -0.3 is 10.2 Å². The molecule has 0 amide bonds. The van der Waals surface area contributed by atoms with Crippen LogP contribution in [0.3, 0.4) is 0 Å². The molecule has 1 aliphatic rings. The highest BCUT2D eigenvalue weighted by atomic mass is 15.1. The fraction of sp³-hybridized carbons (Fsp3) is 1.00. The first-order valence-corrected chi connectivity index (χ1v) is 6.55. The van der Waals surface area contributed by atoms with Crippen molar-refractivity contribution in [3.05, 3.63) is 0 Å². The maximum atomic E-state index is 3.68. The molecule has 2 heteroatoms. The Morgan fingerprint density at radius 3 is 2.47 bits per heavy atom. The fourth-order valence-electron chi connectivity index (χ4n) is 2.19. The van der Waals surface area contributed by atoms with Crippen molar-refractivity contribution in [1.29, 1.82) is 0 Å². The second-order valence-corrected chi connectivity index (χ2v) is 5.32. The van der Waals surface area contributed by atoms with Crippen molar-refractivity contribution in [2.75, 3.05) is 20.6 Å². The van der Waals surface area contributed by atoms with Crippen LogP contribution in [0.5, 0.6) is 0 Å². The van der Waals surface area contributed by atoms with Gasteiger partial charge in [0, 0.05) is 18.6 Å². The zero-order chi connectivity index (χ0) is 11.3. The lowest BCUT2D eigenvalue weighted by molar-refractivity contribution is 0.248. The average Bonchev–Trinajstić information content (AvgIpc) is 2.98. The molecule has 0 bridgehead atoms. The van der Waals surface area contributed by atoms with E-state index >= 15 is 0 Å². The molecule has 0 radical (unpaired) electrons. The standard InChI is InChI=1S/C13H28N2/c1-5-6-7-11(2)14-10-13(15(3)4)12-8-9-12/h11-14H,5-10H2,1-4H3. The zero-order valence-electron chi connectivity index (χ0n) is 10.9. The summed E-state index contributed by atoms with van der Waals surface area (Å²) in [6.45, 7) is 5.75. The number of nitrogens with one attached hydrogen (secondary N) is 1. The van der Waals surface area contributed by atoms with Crippen molar-refractivity contribution in [2.24, 2.45) is 5.92 Å². The van der Waals surface area contributed by atoms with E-state index in [1.807, 2.05) is 0 Å². The molecule has 2 unspecified atom stereocenters. The fourth-order valence-corrected chi connectivity index (χ4v) is 2.19. The maximum Gasteiger partial charge on any atom is 0.0242 e. The summed E-state index contributed by atoms with van der Waals surface area (Å²) in [4.78, 5) is 2.39. The summed E-state index contributed by atoms with van der Waals surface area (Å²) >= 11 is 0. The number of hydrogen-bond acceptors (Lipinski definition) is 2. The smallest absolute Gasteiger partial charge is 0.0242 e. The second-order valence-electron chi connectivity index (χ2n) is 5.32. The largest absolute Gasteiger partial charge is 0.313 e. The van der Waals surface area contributed by atoms with Crippen LogP contribution in [0.2, 0.25) is 0 Å². The Kier molecular flexibility index (Phi) is 5.62. The lowest BCUT2D eigenvalue weighted by atomic mass is 10.1. The molecule has 0 aromatic carbocycles. The quantitative estimate of drug-likeness (QED) is 0.665. The van der Waals surface area contributed by atoms with Crippen molar-refractivity contribution in [2.45, 2.75) is 58.0 Å². The van der Waals surface area contributed by atoms with Crippen LogP contribution in [0.1, 0.15) is 46.0 Å². The second kappa shape index (κ2) is 6.49. The lowest BCUT2D eigenvalue weighted by Crippen LogP contribution is -2.42. The molecule has 1 aliphatic carbocycles. The van der Waals surface area contributed by atoms with Crippen LogP contribution in [0.15, 0.2) is 0 Å². The first-order valence-electron chi connectivity index (χ1n) is 6.55. The average molecular weight is 212 g/mol. The molecular formula is C13H28N2. The summed E-state index contributed by atoms with van der Waals surface area (Å²) in [6.07, 6.45) is 6.86. The Balaban J connectivity index is 2.15. The summed E-state index contributed by atoms with van der Waals surface area (Å²) in [7, 11) is 4.42. The highest BCUT2D eigenvalue weighted by Gasteiger charge is 2.32. The molecule has 1 fully saturated rings. The molecule has 0 aromatic rings. The normalized spacial score (nSPS) is 20.6. The first-order chi connectivity index (χ1) is 7.15. The maximum absolute atomic E-state index is 3.68. The van der Waals surface area contributed by atoms with Gasteiger partial charge in [0.05, 0.1) is 0 Å². The minimum absolute atomic E-state index is 0.686. The van der Waals surface area contributed by atoms with E-state index in [0.717, 1.165) is 12.0 Å². The van der Waals surface area contributed by atoms with E-state index in [-0.39, 0.29) is 0 Å². The molecule has 2 atom stereocenters. The van der Waals surface area contributed by atoms with Crippen LogP contribution >= 0.6 is 0 Å². The van der Waals surface area contributed by atoms with Gasteiger partial charge in [-0.2, -0.15) is 0 Å². The van der Waals surface area contributed by atoms with Gasteiger partial charge in [-0.15, -0.1) is 0 Å². The molecule has 0 saturated heterocycles. The lowest BCUT2D eigenvalue weighted by Gasteiger charge is -2.26. The summed E-state index contributed by atoms with van der Waals surface area (Å²) in [6, 6.07) is 1.44. The summed E-state index contributed by atoms with van der Waals surface area (Å²) < 4.78 is 0. The molecule has 90 valence electrons. The molecule has 0 spiro atoms. The Labute approximate surface area is 95.4 Å². The predicted octanol–water partition coefficient (Wildman–Crippen LogP) is 2.49. The van der Waals surface area contributed by atoms with Gasteiger partial charge >= 0.3 is 0 Å². The molecule has 2 nitrogen and oxygen atoms in total. The minimum atomic E-state index is 0.686. The topological polar surface area (TPSA) is 15.3 Å². The van der Waals surface area contributed by atoms with Gasteiger partial charge in [-0.3, -0.25) is 0 Å². The number of likely N-dealkylation sites (N-methyl/N-ethyl adjacent to an activating group) is 1. The van der Waals surface area contributed by atoms with Gasteiger partial charge in [0.2, 0.25) is 0 Å². The van der Waals surface area contributed by atoms with Crippen molar-refractivity contribution in [3.8, 4) is 0 Å². The third-order valence-electron chi connectivity index (χ3n) is 3.50. The third kappa shape index (κ3) is 4.98. The molecule has 1 N–H and O–H groups in total. The molecular weight excluding hydrogens is 184 g/mol. The van der Waals surface area contributed by atoms with Crippen LogP contribution in [0, 0.1) is 5.92 Å². The van der Waals surface area contributed by atoms with Crippen LogP contribution in [-0.4, -0.2) is 37.6 Å². The predicted molar refractivity (Wildman–Crippen MR) is 67.2 cm³/mol. The van der Waals surface area contributed by atoms with Crippen molar-refractivity contribution in [1.82, 2.24) is 10.2 Å². The van der Waals surface area contributed by atoms with E-state index in [0.29, 0.717) is 6.04 Å². The van der Waals surface area contributed by atoms with E-state index in [4.69, 9.17) is 0 Å². The highest BCUT2D eigenvalue weighted by molar-refractivity contribution is 4.88. The van der Waals surface area contributed by atoms with Crippen molar-refractivity contribution >= 4 is 0 Å². The SMILES string of the molecule is CCCCC(C)NCC(C1CC1)N(C)C. The minimum Gasteiger partial charge on any atom is -0.313 e. The van der Waals surface area contributed by atoms with E-state index in [9.17, 15) is 0 Å². The Morgan fingerprint density at radius 2 is 2.00 bits per heavy atom. The Hall–Kier alpha value is -0.0800. The molecule has 1 saturated carbocycles. The Bertz CT molecular complexity index is 162. The van der Waals surface area contributed by atoms with Crippen LogP contribution < -0.4 is 5.32 Å². The molecule has 1 rings (SSSR count). The van der Waals surface area contributed by atoms with Gasteiger partial charge in [-0.25, -0.2) is 0 Å². The zero-order valence-corrected chi connectivity index (χ0v) is 10.9. The van der Waals surface area contributed by atoms with Crippen LogP contribution in [-0.2, 0) is 0 Å². The third-order valence-corrected chi connectivity index (χ3v) is 3.50. The number of rotatable bonds is 8. The number of hydrogen-bond donors (Lipinski definition) is 1. The van der Waals surface area contributed by atoms with Gasteiger partial charge in [0.15, 0.2) is 0 Å². The first kappa shape index (κ1) is 13.0. The molecule has 0 aromatic heterocycles.